The van der Waals surface area contributed by atoms with E-state index in [2.05, 4.69) is 0 Å². The van der Waals surface area contributed by atoms with Crippen molar-refractivity contribution in [3.05, 3.63) is 59.2 Å². The number of hydrogen-bond acceptors (Lipinski definition) is 2. The van der Waals surface area contributed by atoms with Crippen LogP contribution in [0.15, 0.2) is 42.5 Å². The Labute approximate surface area is 128 Å². The van der Waals surface area contributed by atoms with Crippen molar-refractivity contribution in [2.75, 3.05) is 0 Å². The zero-order chi connectivity index (χ0) is 15.7. The maximum atomic E-state index is 11.8. The van der Waals surface area contributed by atoms with E-state index in [9.17, 15) is 14.7 Å². The lowest BCUT2D eigenvalue weighted by Crippen LogP contribution is -2.21. The SMILES string of the molecule is NC(=O)c1cccc2c1-c1ccccc1CC(C(=O)O)CC2. The summed E-state index contributed by atoms with van der Waals surface area (Å²) < 4.78 is 0. The van der Waals surface area contributed by atoms with Crippen molar-refractivity contribution < 1.29 is 14.7 Å². The third-order valence-electron chi connectivity index (χ3n) is 4.28. The summed E-state index contributed by atoms with van der Waals surface area (Å²) in [5.41, 5.74) is 9.73. The van der Waals surface area contributed by atoms with Gasteiger partial charge in [-0.1, -0.05) is 36.4 Å². The second kappa shape index (κ2) is 5.64. The first-order valence-electron chi connectivity index (χ1n) is 7.30. The molecule has 0 spiro atoms. The van der Waals surface area contributed by atoms with Crippen LogP contribution in [-0.4, -0.2) is 17.0 Å². The summed E-state index contributed by atoms with van der Waals surface area (Å²) in [6.07, 6.45) is 1.65. The Balaban J connectivity index is 2.24. The van der Waals surface area contributed by atoms with E-state index in [1.807, 2.05) is 30.3 Å². The molecule has 2 aromatic rings. The van der Waals surface area contributed by atoms with Crippen LogP contribution in [0.2, 0.25) is 0 Å². The number of benzene rings is 2. The van der Waals surface area contributed by atoms with Crippen LogP contribution in [0.5, 0.6) is 0 Å². The number of carbonyl (C=O) groups is 2. The number of aryl methyl sites for hydroxylation is 1. The lowest BCUT2D eigenvalue weighted by Gasteiger charge is -2.23. The third kappa shape index (κ3) is 2.48. The van der Waals surface area contributed by atoms with Crippen molar-refractivity contribution in [1.29, 1.82) is 0 Å². The van der Waals surface area contributed by atoms with Gasteiger partial charge in [-0.15, -0.1) is 0 Å². The van der Waals surface area contributed by atoms with Gasteiger partial charge in [0.05, 0.1) is 5.92 Å². The summed E-state index contributed by atoms with van der Waals surface area (Å²) in [7, 11) is 0. The molecule has 3 rings (SSSR count). The number of amides is 1. The molecule has 1 atom stereocenters. The highest BCUT2D eigenvalue weighted by Crippen LogP contribution is 2.35. The van der Waals surface area contributed by atoms with Crippen molar-refractivity contribution in [2.24, 2.45) is 11.7 Å². The lowest BCUT2D eigenvalue weighted by molar-refractivity contribution is -0.141. The Bertz CT molecular complexity index is 752. The molecular formula is C18H17NO3. The van der Waals surface area contributed by atoms with E-state index in [0.717, 1.165) is 22.3 Å². The molecule has 4 heteroatoms. The first-order chi connectivity index (χ1) is 10.6. The summed E-state index contributed by atoms with van der Waals surface area (Å²) in [4.78, 5) is 23.2. The highest BCUT2D eigenvalue weighted by Gasteiger charge is 2.25. The van der Waals surface area contributed by atoms with E-state index in [0.29, 0.717) is 24.8 Å². The van der Waals surface area contributed by atoms with Gasteiger partial charge in [-0.05, 0) is 47.6 Å². The number of aliphatic carboxylic acids is 1. The van der Waals surface area contributed by atoms with Gasteiger partial charge in [0.15, 0.2) is 0 Å². The summed E-state index contributed by atoms with van der Waals surface area (Å²) in [5.74, 6) is -1.64. The highest BCUT2D eigenvalue weighted by molar-refractivity contribution is 6.01. The Hall–Kier alpha value is -2.62. The van der Waals surface area contributed by atoms with Crippen molar-refractivity contribution in [1.82, 2.24) is 0 Å². The predicted molar refractivity (Wildman–Crippen MR) is 83.5 cm³/mol. The summed E-state index contributed by atoms with van der Waals surface area (Å²) in [5, 5.41) is 9.40. The molecule has 0 aliphatic heterocycles. The van der Waals surface area contributed by atoms with Crippen molar-refractivity contribution in [2.45, 2.75) is 19.3 Å². The highest BCUT2D eigenvalue weighted by atomic mass is 16.4. The van der Waals surface area contributed by atoms with Crippen LogP contribution >= 0.6 is 0 Å². The van der Waals surface area contributed by atoms with Gasteiger partial charge >= 0.3 is 5.97 Å². The fraction of sp³-hybridized carbons (Fsp3) is 0.222. The minimum absolute atomic E-state index is 0.411. The monoisotopic (exact) mass is 295 g/mol. The number of primary amides is 1. The zero-order valence-electron chi connectivity index (χ0n) is 12.1. The van der Waals surface area contributed by atoms with Gasteiger partial charge in [0.2, 0.25) is 5.91 Å². The van der Waals surface area contributed by atoms with Crippen LogP contribution in [0.4, 0.5) is 0 Å². The van der Waals surface area contributed by atoms with Crippen LogP contribution in [0, 0.1) is 5.92 Å². The molecule has 0 radical (unpaired) electrons. The normalized spacial score (nSPS) is 16.8. The third-order valence-corrected chi connectivity index (χ3v) is 4.28. The van der Waals surface area contributed by atoms with Crippen molar-refractivity contribution in [3.8, 4) is 11.1 Å². The quantitative estimate of drug-likeness (QED) is 0.893. The molecular weight excluding hydrogens is 278 g/mol. The lowest BCUT2D eigenvalue weighted by atomic mass is 9.81. The standard InChI is InChI=1S/C18H17NO3/c19-17(20)15-7-3-5-11-8-9-13(18(21)22)10-12-4-1-2-6-14(12)16(11)15/h1-7,13H,8-10H2,(H2,19,20)(H,21,22). The molecule has 1 aliphatic rings. The van der Waals surface area contributed by atoms with E-state index >= 15 is 0 Å². The number of fused-ring (bicyclic) bond motifs is 3. The maximum Gasteiger partial charge on any atom is 0.306 e. The van der Waals surface area contributed by atoms with E-state index in [4.69, 9.17) is 5.73 Å². The molecule has 1 aliphatic carbocycles. The van der Waals surface area contributed by atoms with Crippen LogP contribution in [0.25, 0.3) is 11.1 Å². The van der Waals surface area contributed by atoms with E-state index in [-0.39, 0.29) is 0 Å². The number of rotatable bonds is 2. The topological polar surface area (TPSA) is 80.4 Å². The Morgan fingerprint density at radius 1 is 1.05 bits per heavy atom. The average Bonchev–Trinajstić information content (AvgIpc) is 2.48. The number of carbonyl (C=O) groups excluding carboxylic acids is 1. The van der Waals surface area contributed by atoms with Gasteiger partial charge in [0.1, 0.15) is 0 Å². The van der Waals surface area contributed by atoms with Gasteiger partial charge in [0, 0.05) is 5.56 Å². The maximum absolute atomic E-state index is 11.8. The van der Waals surface area contributed by atoms with Crippen LogP contribution < -0.4 is 5.73 Å². The van der Waals surface area contributed by atoms with E-state index in [1.54, 1.807) is 12.1 Å². The van der Waals surface area contributed by atoms with E-state index in [1.165, 1.54) is 0 Å². The molecule has 0 saturated carbocycles. The Morgan fingerprint density at radius 2 is 1.77 bits per heavy atom. The fourth-order valence-electron chi connectivity index (χ4n) is 3.18. The van der Waals surface area contributed by atoms with Gasteiger partial charge in [-0.2, -0.15) is 0 Å². The van der Waals surface area contributed by atoms with Gasteiger partial charge in [-0.3, -0.25) is 9.59 Å². The van der Waals surface area contributed by atoms with Crippen LogP contribution in [0.1, 0.15) is 27.9 Å². The second-order valence-electron chi connectivity index (χ2n) is 5.64. The molecule has 0 heterocycles. The van der Waals surface area contributed by atoms with Gasteiger partial charge in [-0.25, -0.2) is 0 Å². The van der Waals surface area contributed by atoms with Gasteiger partial charge < -0.3 is 10.8 Å². The Morgan fingerprint density at radius 3 is 2.50 bits per heavy atom. The molecule has 22 heavy (non-hydrogen) atoms. The molecule has 2 aromatic carbocycles. The van der Waals surface area contributed by atoms with Crippen molar-refractivity contribution >= 4 is 11.9 Å². The zero-order valence-corrected chi connectivity index (χ0v) is 12.1. The summed E-state index contributed by atoms with van der Waals surface area (Å²) in [6, 6.07) is 13.1. The number of hydrogen-bond donors (Lipinski definition) is 2. The number of carboxylic acid groups (broad SMARTS) is 1. The second-order valence-corrected chi connectivity index (χ2v) is 5.64. The molecule has 0 bridgehead atoms. The van der Waals surface area contributed by atoms with Gasteiger partial charge in [0.25, 0.3) is 0 Å². The van der Waals surface area contributed by atoms with Crippen molar-refractivity contribution in [3.63, 3.8) is 0 Å². The summed E-state index contributed by atoms with van der Waals surface area (Å²) in [6.45, 7) is 0. The molecule has 4 nitrogen and oxygen atoms in total. The molecule has 0 fully saturated rings. The summed E-state index contributed by atoms with van der Waals surface area (Å²) >= 11 is 0. The first kappa shape index (κ1) is 14.3. The van der Waals surface area contributed by atoms with E-state index < -0.39 is 17.8 Å². The fourth-order valence-corrected chi connectivity index (χ4v) is 3.18. The largest absolute Gasteiger partial charge is 0.481 e. The number of nitrogens with two attached hydrogens (primary N) is 1. The molecule has 3 N–H and O–H groups in total. The average molecular weight is 295 g/mol. The molecule has 1 amide bonds. The molecule has 112 valence electrons. The number of carboxylic acids is 1. The van der Waals surface area contributed by atoms with Crippen LogP contribution in [0.3, 0.4) is 0 Å². The predicted octanol–water partition coefficient (Wildman–Crippen LogP) is 2.64. The Kier molecular flexibility index (Phi) is 3.67. The minimum Gasteiger partial charge on any atom is -0.481 e. The van der Waals surface area contributed by atoms with Crippen LogP contribution in [-0.2, 0) is 17.6 Å². The molecule has 1 unspecified atom stereocenters. The molecule has 0 saturated heterocycles. The first-order valence-corrected chi connectivity index (χ1v) is 7.30. The minimum atomic E-state index is -0.774. The molecule has 0 aromatic heterocycles. The smallest absolute Gasteiger partial charge is 0.306 e.